The Morgan fingerprint density at radius 2 is 2.00 bits per heavy atom. The van der Waals surface area contributed by atoms with Crippen LogP contribution in [0.2, 0.25) is 0 Å². The summed E-state index contributed by atoms with van der Waals surface area (Å²) in [4.78, 5) is 4.34. The standard InChI is InChI=1S/C13H15N5/c1-13(2,3)18-12(16-9-15)17-11-6-4-5-10(7-11)8-14/h4-7H,1-3H3,(H2,16,17,18). The zero-order valence-electron chi connectivity index (χ0n) is 10.7. The molecule has 0 aromatic heterocycles. The van der Waals surface area contributed by atoms with Crippen LogP contribution in [-0.4, -0.2) is 11.5 Å². The SMILES string of the molecule is CC(C)(C)N=C(NC#N)Nc1cccc(C#N)c1. The monoisotopic (exact) mass is 241 g/mol. The molecule has 0 spiro atoms. The minimum atomic E-state index is -0.307. The normalized spacial score (nSPS) is 11.3. The van der Waals surface area contributed by atoms with Crippen LogP contribution in [-0.2, 0) is 0 Å². The van der Waals surface area contributed by atoms with Gasteiger partial charge in [0.1, 0.15) is 0 Å². The van der Waals surface area contributed by atoms with Crippen molar-refractivity contribution in [2.75, 3.05) is 5.32 Å². The van der Waals surface area contributed by atoms with Crippen molar-refractivity contribution in [2.24, 2.45) is 4.99 Å². The molecule has 0 amide bonds. The van der Waals surface area contributed by atoms with Gasteiger partial charge in [0.15, 0.2) is 6.19 Å². The van der Waals surface area contributed by atoms with Crippen molar-refractivity contribution in [3.63, 3.8) is 0 Å². The molecule has 5 heteroatoms. The summed E-state index contributed by atoms with van der Waals surface area (Å²) in [6.07, 6.45) is 1.83. The van der Waals surface area contributed by atoms with E-state index in [4.69, 9.17) is 10.5 Å². The molecule has 0 saturated heterocycles. The molecule has 0 aliphatic carbocycles. The summed E-state index contributed by atoms with van der Waals surface area (Å²) >= 11 is 0. The topological polar surface area (TPSA) is 84.0 Å². The van der Waals surface area contributed by atoms with Gasteiger partial charge in [-0.2, -0.15) is 10.5 Å². The van der Waals surface area contributed by atoms with Gasteiger partial charge in [0, 0.05) is 5.69 Å². The average Bonchev–Trinajstić information content (AvgIpc) is 2.27. The van der Waals surface area contributed by atoms with Crippen LogP contribution >= 0.6 is 0 Å². The molecule has 1 aromatic rings. The Hall–Kier alpha value is -2.53. The molecule has 0 radical (unpaired) electrons. The van der Waals surface area contributed by atoms with Crippen molar-refractivity contribution >= 4 is 11.6 Å². The number of hydrogen-bond donors (Lipinski definition) is 2. The number of aliphatic imine (C=N–C) groups is 1. The molecule has 5 nitrogen and oxygen atoms in total. The minimum absolute atomic E-state index is 0.307. The Labute approximate surface area is 107 Å². The van der Waals surface area contributed by atoms with Gasteiger partial charge in [-0.1, -0.05) is 6.07 Å². The van der Waals surface area contributed by atoms with E-state index in [0.29, 0.717) is 17.2 Å². The van der Waals surface area contributed by atoms with Crippen molar-refractivity contribution in [3.8, 4) is 12.3 Å². The van der Waals surface area contributed by atoms with Crippen LogP contribution in [0.15, 0.2) is 29.3 Å². The van der Waals surface area contributed by atoms with Gasteiger partial charge in [-0.25, -0.2) is 4.99 Å². The Morgan fingerprint density at radius 3 is 2.56 bits per heavy atom. The molecule has 0 aliphatic rings. The molecule has 1 aromatic carbocycles. The van der Waals surface area contributed by atoms with E-state index in [9.17, 15) is 0 Å². The van der Waals surface area contributed by atoms with Crippen molar-refractivity contribution in [1.82, 2.24) is 5.32 Å². The molecule has 0 saturated carbocycles. The van der Waals surface area contributed by atoms with Gasteiger partial charge < -0.3 is 5.32 Å². The summed E-state index contributed by atoms with van der Waals surface area (Å²) < 4.78 is 0. The molecule has 1 rings (SSSR count). The zero-order chi connectivity index (χ0) is 13.6. The molecule has 0 heterocycles. The van der Waals surface area contributed by atoms with Gasteiger partial charge >= 0.3 is 0 Å². The maximum Gasteiger partial charge on any atom is 0.209 e. The largest absolute Gasteiger partial charge is 0.325 e. The number of nitrogens with one attached hydrogen (secondary N) is 2. The quantitative estimate of drug-likeness (QED) is 0.341. The number of anilines is 1. The molecule has 0 atom stereocenters. The van der Waals surface area contributed by atoms with Crippen LogP contribution < -0.4 is 10.6 Å². The Balaban J connectivity index is 2.95. The maximum atomic E-state index is 8.81. The fraction of sp³-hybridized carbons (Fsp3) is 0.308. The Morgan fingerprint density at radius 1 is 1.28 bits per heavy atom. The molecule has 0 aliphatic heterocycles. The third kappa shape index (κ3) is 4.54. The second-order valence-corrected chi connectivity index (χ2v) is 4.69. The lowest BCUT2D eigenvalue weighted by Gasteiger charge is -2.16. The van der Waals surface area contributed by atoms with E-state index in [2.05, 4.69) is 21.7 Å². The first kappa shape index (κ1) is 13.5. The second-order valence-electron chi connectivity index (χ2n) is 4.69. The van der Waals surface area contributed by atoms with Crippen LogP contribution in [0.25, 0.3) is 0 Å². The molecule has 0 fully saturated rings. The average molecular weight is 241 g/mol. The summed E-state index contributed by atoms with van der Waals surface area (Å²) in [7, 11) is 0. The minimum Gasteiger partial charge on any atom is -0.325 e. The van der Waals surface area contributed by atoms with Gasteiger partial charge in [-0.3, -0.25) is 5.32 Å². The van der Waals surface area contributed by atoms with E-state index < -0.39 is 0 Å². The van der Waals surface area contributed by atoms with Crippen molar-refractivity contribution in [2.45, 2.75) is 26.3 Å². The highest BCUT2D eigenvalue weighted by molar-refractivity contribution is 5.94. The molecule has 92 valence electrons. The summed E-state index contributed by atoms with van der Waals surface area (Å²) in [6, 6.07) is 9.03. The lowest BCUT2D eigenvalue weighted by atomic mass is 10.1. The number of benzene rings is 1. The maximum absolute atomic E-state index is 8.81. The van der Waals surface area contributed by atoms with E-state index in [1.54, 1.807) is 24.3 Å². The van der Waals surface area contributed by atoms with Crippen molar-refractivity contribution < 1.29 is 0 Å². The lowest BCUT2D eigenvalue weighted by molar-refractivity contribution is 0.581. The van der Waals surface area contributed by atoms with Crippen LogP contribution in [0.3, 0.4) is 0 Å². The predicted octanol–water partition coefficient (Wildman–Crippen LogP) is 2.20. The first-order chi connectivity index (χ1) is 8.44. The van der Waals surface area contributed by atoms with Gasteiger partial charge in [-0.05, 0) is 39.0 Å². The lowest BCUT2D eigenvalue weighted by Crippen LogP contribution is -2.30. The fourth-order valence-electron chi connectivity index (χ4n) is 1.28. The molecule has 18 heavy (non-hydrogen) atoms. The third-order valence-corrected chi connectivity index (χ3v) is 1.88. The number of hydrogen-bond acceptors (Lipinski definition) is 3. The van der Waals surface area contributed by atoms with Gasteiger partial charge in [0.05, 0.1) is 17.2 Å². The van der Waals surface area contributed by atoms with Crippen LogP contribution in [0, 0.1) is 22.8 Å². The summed E-state index contributed by atoms with van der Waals surface area (Å²) in [5.41, 5.74) is 0.950. The molecule has 0 bridgehead atoms. The van der Waals surface area contributed by atoms with Crippen LogP contribution in [0.5, 0.6) is 0 Å². The number of rotatable bonds is 1. The highest BCUT2D eigenvalue weighted by atomic mass is 15.2. The fourth-order valence-corrected chi connectivity index (χ4v) is 1.28. The number of guanidine groups is 1. The predicted molar refractivity (Wildman–Crippen MR) is 70.7 cm³/mol. The van der Waals surface area contributed by atoms with Crippen molar-refractivity contribution in [1.29, 1.82) is 10.5 Å². The van der Waals surface area contributed by atoms with Gasteiger partial charge in [-0.15, -0.1) is 0 Å². The van der Waals surface area contributed by atoms with E-state index in [-0.39, 0.29) is 5.54 Å². The third-order valence-electron chi connectivity index (χ3n) is 1.88. The van der Waals surface area contributed by atoms with E-state index in [1.165, 1.54) is 0 Å². The number of nitriles is 2. The summed E-state index contributed by atoms with van der Waals surface area (Å²) in [6.45, 7) is 5.79. The Kier molecular flexibility index (Phi) is 4.28. The van der Waals surface area contributed by atoms with Gasteiger partial charge in [0.2, 0.25) is 5.96 Å². The van der Waals surface area contributed by atoms with Crippen LogP contribution in [0.4, 0.5) is 5.69 Å². The molecular formula is C13H15N5. The van der Waals surface area contributed by atoms with Crippen LogP contribution in [0.1, 0.15) is 26.3 Å². The van der Waals surface area contributed by atoms with E-state index >= 15 is 0 Å². The first-order valence-electron chi connectivity index (χ1n) is 5.47. The zero-order valence-corrected chi connectivity index (χ0v) is 10.7. The molecule has 0 unspecified atom stereocenters. The first-order valence-corrected chi connectivity index (χ1v) is 5.47. The smallest absolute Gasteiger partial charge is 0.209 e. The summed E-state index contributed by atoms with van der Waals surface area (Å²) in [5.74, 6) is 0.361. The Bertz CT molecular complexity index is 526. The summed E-state index contributed by atoms with van der Waals surface area (Å²) in [5, 5.41) is 23.0. The number of nitrogens with zero attached hydrogens (tertiary/aromatic N) is 3. The molecule has 2 N–H and O–H groups in total. The highest BCUT2D eigenvalue weighted by Crippen LogP contribution is 2.11. The van der Waals surface area contributed by atoms with Crippen molar-refractivity contribution in [3.05, 3.63) is 29.8 Å². The van der Waals surface area contributed by atoms with E-state index in [0.717, 1.165) is 0 Å². The van der Waals surface area contributed by atoms with Gasteiger partial charge in [0.25, 0.3) is 0 Å². The highest BCUT2D eigenvalue weighted by Gasteiger charge is 2.10. The second kappa shape index (κ2) is 5.70. The van der Waals surface area contributed by atoms with E-state index in [1.807, 2.05) is 27.0 Å². The molecular weight excluding hydrogens is 226 g/mol.